The summed E-state index contributed by atoms with van der Waals surface area (Å²) in [4.78, 5) is 4.15. The highest BCUT2D eigenvalue weighted by atomic mass is 32.2. The summed E-state index contributed by atoms with van der Waals surface area (Å²) in [6, 6.07) is 0. The van der Waals surface area contributed by atoms with Crippen LogP contribution in [-0.4, -0.2) is 20.4 Å². The molecule has 0 unspecified atom stereocenters. The van der Waals surface area contributed by atoms with Crippen molar-refractivity contribution in [2.45, 2.75) is 31.2 Å². The largest absolute Gasteiger partial charge is 0.262 e. The van der Waals surface area contributed by atoms with Gasteiger partial charge >= 0.3 is 0 Å². The van der Waals surface area contributed by atoms with Crippen LogP contribution in [0, 0.1) is 6.92 Å². The third-order valence-corrected chi connectivity index (χ3v) is 1.78. The molecule has 1 aromatic rings. The van der Waals surface area contributed by atoms with Gasteiger partial charge < -0.3 is 0 Å². The van der Waals surface area contributed by atoms with Gasteiger partial charge in [-0.25, -0.2) is 4.98 Å². The molecule has 0 radical (unpaired) electrons. The van der Waals surface area contributed by atoms with Gasteiger partial charge in [0.15, 0.2) is 0 Å². The van der Waals surface area contributed by atoms with Crippen LogP contribution in [0.1, 0.15) is 19.7 Å². The van der Waals surface area contributed by atoms with Gasteiger partial charge in [0.05, 0.1) is 0 Å². The Morgan fingerprint density at radius 2 is 2.20 bits per heavy atom. The molecular weight excluding hydrogens is 146 g/mol. The lowest BCUT2D eigenvalue weighted by Crippen LogP contribution is -1.86. The summed E-state index contributed by atoms with van der Waals surface area (Å²) in [7, 11) is 0. The van der Waals surface area contributed by atoms with Crippen LogP contribution in [0.3, 0.4) is 0 Å². The van der Waals surface area contributed by atoms with Crippen molar-refractivity contribution in [2.24, 2.45) is 0 Å². The van der Waals surface area contributed by atoms with E-state index in [0.29, 0.717) is 5.25 Å². The Morgan fingerprint density at radius 3 is 2.60 bits per heavy atom. The van der Waals surface area contributed by atoms with Crippen LogP contribution < -0.4 is 0 Å². The fraction of sp³-hybridized carbons (Fsp3) is 0.667. The Bertz CT molecular complexity index is 207. The molecule has 1 aromatic heterocycles. The molecule has 1 heterocycles. The molecule has 0 saturated carbocycles. The zero-order valence-electron chi connectivity index (χ0n) is 6.38. The van der Waals surface area contributed by atoms with Gasteiger partial charge in [-0.05, 0) is 6.92 Å². The standard InChI is InChI=1S/C6H11N3S/c1-4(2)10-6-7-5(3)8-9-6/h4H,1-3H3,(H,7,8,9). The third-order valence-electron chi connectivity index (χ3n) is 0.918. The van der Waals surface area contributed by atoms with Gasteiger partial charge in [-0.1, -0.05) is 25.6 Å². The van der Waals surface area contributed by atoms with E-state index in [-0.39, 0.29) is 0 Å². The molecule has 56 valence electrons. The number of hydrogen-bond acceptors (Lipinski definition) is 3. The first-order valence-electron chi connectivity index (χ1n) is 3.24. The first-order valence-corrected chi connectivity index (χ1v) is 4.12. The third kappa shape index (κ3) is 2.02. The van der Waals surface area contributed by atoms with Gasteiger partial charge in [0.25, 0.3) is 0 Å². The molecule has 1 N–H and O–H groups in total. The molecule has 0 fully saturated rings. The van der Waals surface area contributed by atoms with E-state index in [4.69, 9.17) is 0 Å². The van der Waals surface area contributed by atoms with Crippen molar-refractivity contribution in [1.29, 1.82) is 0 Å². The van der Waals surface area contributed by atoms with Crippen molar-refractivity contribution < 1.29 is 0 Å². The molecule has 0 bridgehead atoms. The van der Waals surface area contributed by atoms with E-state index in [0.717, 1.165) is 11.0 Å². The quantitative estimate of drug-likeness (QED) is 0.663. The number of hydrogen-bond donors (Lipinski definition) is 1. The molecule has 0 aliphatic heterocycles. The van der Waals surface area contributed by atoms with Crippen LogP contribution >= 0.6 is 11.8 Å². The Kier molecular flexibility index (Phi) is 2.32. The minimum atomic E-state index is 0.551. The zero-order valence-corrected chi connectivity index (χ0v) is 7.20. The van der Waals surface area contributed by atoms with Gasteiger partial charge in [-0.3, -0.25) is 5.10 Å². The topological polar surface area (TPSA) is 41.6 Å². The molecule has 10 heavy (non-hydrogen) atoms. The minimum absolute atomic E-state index is 0.551. The molecule has 0 saturated heterocycles. The summed E-state index contributed by atoms with van der Waals surface area (Å²) < 4.78 is 0. The molecule has 1 rings (SSSR count). The molecule has 0 aliphatic carbocycles. The van der Waals surface area contributed by atoms with Gasteiger partial charge in [-0.2, -0.15) is 0 Å². The Balaban J connectivity index is 2.58. The van der Waals surface area contributed by atoms with Crippen molar-refractivity contribution in [1.82, 2.24) is 15.2 Å². The first kappa shape index (κ1) is 7.60. The van der Waals surface area contributed by atoms with Crippen molar-refractivity contribution in [3.05, 3.63) is 5.82 Å². The Labute approximate surface area is 64.6 Å². The fourth-order valence-electron chi connectivity index (χ4n) is 0.586. The average molecular weight is 157 g/mol. The second-order valence-electron chi connectivity index (χ2n) is 2.37. The second kappa shape index (κ2) is 3.05. The van der Waals surface area contributed by atoms with Crippen LogP contribution in [0.2, 0.25) is 0 Å². The molecule has 4 heteroatoms. The fourth-order valence-corrected chi connectivity index (χ4v) is 1.30. The number of aromatic amines is 1. The highest BCUT2D eigenvalue weighted by Gasteiger charge is 2.01. The molecule has 0 aliphatic rings. The van der Waals surface area contributed by atoms with Crippen LogP contribution in [-0.2, 0) is 0 Å². The number of thioether (sulfide) groups is 1. The SMILES string of the molecule is Cc1nc(SC(C)C)n[nH]1. The van der Waals surface area contributed by atoms with Crippen LogP contribution in [0.25, 0.3) is 0 Å². The maximum Gasteiger partial charge on any atom is 0.208 e. The smallest absolute Gasteiger partial charge is 0.208 e. The molecule has 0 aromatic carbocycles. The average Bonchev–Trinajstić information content (AvgIpc) is 2.13. The monoisotopic (exact) mass is 157 g/mol. The predicted octanol–water partition coefficient (Wildman–Crippen LogP) is 1.61. The lowest BCUT2D eigenvalue weighted by molar-refractivity contribution is 0.959. The summed E-state index contributed by atoms with van der Waals surface area (Å²) >= 11 is 1.67. The molecule has 0 atom stereocenters. The summed E-state index contributed by atoms with van der Waals surface area (Å²) in [6.45, 7) is 6.14. The summed E-state index contributed by atoms with van der Waals surface area (Å²) in [6.07, 6.45) is 0. The van der Waals surface area contributed by atoms with Gasteiger partial charge in [0.1, 0.15) is 5.82 Å². The number of rotatable bonds is 2. The lowest BCUT2D eigenvalue weighted by Gasteiger charge is -1.96. The number of aromatic nitrogens is 3. The highest BCUT2D eigenvalue weighted by molar-refractivity contribution is 7.99. The molecule has 0 amide bonds. The van der Waals surface area contributed by atoms with E-state index in [2.05, 4.69) is 29.0 Å². The van der Waals surface area contributed by atoms with E-state index in [1.807, 2.05) is 6.92 Å². The van der Waals surface area contributed by atoms with Crippen molar-refractivity contribution in [3.8, 4) is 0 Å². The maximum atomic E-state index is 4.15. The van der Waals surface area contributed by atoms with Crippen molar-refractivity contribution >= 4 is 11.8 Å². The first-order chi connectivity index (χ1) is 4.68. The zero-order chi connectivity index (χ0) is 7.56. The second-order valence-corrected chi connectivity index (χ2v) is 3.91. The number of nitrogens with zero attached hydrogens (tertiary/aromatic N) is 2. The number of aryl methyl sites for hydroxylation is 1. The maximum absolute atomic E-state index is 4.15. The minimum Gasteiger partial charge on any atom is -0.262 e. The Morgan fingerprint density at radius 1 is 1.50 bits per heavy atom. The van der Waals surface area contributed by atoms with E-state index in [1.54, 1.807) is 11.8 Å². The molecule has 0 spiro atoms. The number of nitrogens with one attached hydrogen (secondary N) is 1. The van der Waals surface area contributed by atoms with E-state index >= 15 is 0 Å². The summed E-state index contributed by atoms with van der Waals surface area (Å²) in [5.41, 5.74) is 0. The molecule has 3 nitrogen and oxygen atoms in total. The molecular formula is C6H11N3S. The van der Waals surface area contributed by atoms with Crippen molar-refractivity contribution in [2.75, 3.05) is 0 Å². The van der Waals surface area contributed by atoms with E-state index in [9.17, 15) is 0 Å². The van der Waals surface area contributed by atoms with Gasteiger partial charge in [0, 0.05) is 5.25 Å². The van der Waals surface area contributed by atoms with E-state index < -0.39 is 0 Å². The van der Waals surface area contributed by atoms with Gasteiger partial charge in [-0.15, -0.1) is 5.10 Å². The van der Waals surface area contributed by atoms with Gasteiger partial charge in [0.2, 0.25) is 5.16 Å². The number of H-pyrrole nitrogens is 1. The van der Waals surface area contributed by atoms with Crippen molar-refractivity contribution in [3.63, 3.8) is 0 Å². The van der Waals surface area contributed by atoms with E-state index in [1.165, 1.54) is 0 Å². The van der Waals surface area contributed by atoms with Crippen LogP contribution in [0.15, 0.2) is 5.16 Å². The lowest BCUT2D eigenvalue weighted by atomic mass is 10.6. The highest BCUT2D eigenvalue weighted by Crippen LogP contribution is 2.17. The summed E-state index contributed by atoms with van der Waals surface area (Å²) in [5.74, 6) is 0.878. The Hall–Kier alpha value is -0.510. The van der Waals surface area contributed by atoms with Crippen LogP contribution in [0.5, 0.6) is 0 Å². The van der Waals surface area contributed by atoms with Crippen LogP contribution in [0.4, 0.5) is 0 Å². The summed E-state index contributed by atoms with van der Waals surface area (Å²) in [5, 5.41) is 8.17. The predicted molar refractivity (Wildman–Crippen MR) is 42.1 cm³/mol. The normalized spacial score (nSPS) is 10.8.